The van der Waals surface area contributed by atoms with Crippen LogP contribution in [0.2, 0.25) is 15.3 Å². The van der Waals surface area contributed by atoms with Crippen LogP contribution in [0.25, 0.3) is 0 Å². The summed E-state index contributed by atoms with van der Waals surface area (Å²) in [5.41, 5.74) is 6.71. The van der Waals surface area contributed by atoms with Crippen LogP contribution in [0.5, 0.6) is 0 Å². The summed E-state index contributed by atoms with van der Waals surface area (Å²) in [6, 6.07) is 8.16. The molecule has 84 valence electrons. The van der Waals surface area contributed by atoms with E-state index in [1.165, 1.54) is 0 Å². The maximum Gasteiger partial charge on any atom is 0.193 e. The zero-order chi connectivity index (χ0) is 11.7. The van der Waals surface area contributed by atoms with E-state index in [9.17, 15) is 0 Å². The number of rotatable bonds is 2. The second-order valence-corrected chi connectivity index (χ2v) is 4.42. The smallest absolute Gasteiger partial charge is 0.193 e. The molecular weight excluding hydrogens is 268 g/mol. The first kappa shape index (κ1) is 11.8. The highest BCUT2D eigenvalue weighted by Gasteiger charge is 2.17. The van der Waals surface area contributed by atoms with E-state index < -0.39 is 6.04 Å². The van der Waals surface area contributed by atoms with E-state index in [1.54, 1.807) is 30.3 Å². The van der Waals surface area contributed by atoms with Crippen molar-refractivity contribution in [2.45, 2.75) is 6.04 Å². The van der Waals surface area contributed by atoms with Gasteiger partial charge in [0, 0.05) is 0 Å². The lowest BCUT2D eigenvalue weighted by molar-refractivity contribution is 0.491. The molecule has 2 aromatic rings. The molecule has 1 atom stereocenters. The SMILES string of the molecule is NC(c1ccc(Cl)o1)c1cccc(Cl)c1Cl. The molecule has 0 fully saturated rings. The summed E-state index contributed by atoms with van der Waals surface area (Å²) in [4.78, 5) is 0. The Morgan fingerprint density at radius 3 is 2.44 bits per heavy atom. The minimum atomic E-state index is -0.473. The van der Waals surface area contributed by atoms with Gasteiger partial charge in [0.05, 0.1) is 16.1 Å². The molecule has 0 amide bonds. The van der Waals surface area contributed by atoms with Crippen LogP contribution in [0.1, 0.15) is 17.4 Å². The molecule has 1 aromatic heterocycles. The molecule has 1 heterocycles. The Bertz CT molecular complexity index is 510. The fourth-order valence-electron chi connectivity index (χ4n) is 1.41. The highest BCUT2D eigenvalue weighted by molar-refractivity contribution is 6.42. The van der Waals surface area contributed by atoms with Crippen LogP contribution in [-0.4, -0.2) is 0 Å². The molecular formula is C11H8Cl3NO. The van der Waals surface area contributed by atoms with E-state index in [1.807, 2.05) is 0 Å². The average molecular weight is 277 g/mol. The van der Waals surface area contributed by atoms with Crippen LogP contribution in [0.3, 0.4) is 0 Å². The Hall–Kier alpha value is -0.670. The zero-order valence-corrected chi connectivity index (χ0v) is 10.4. The van der Waals surface area contributed by atoms with E-state index in [0.29, 0.717) is 26.6 Å². The number of halogens is 3. The highest BCUT2D eigenvalue weighted by atomic mass is 35.5. The molecule has 0 spiro atoms. The van der Waals surface area contributed by atoms with E-state index >= 15 is 0 Å². The molecule has 2 rings (SSSR count). The summed E-state index contributed by atoms with van der Waals surface area (Å²) in [7, 11) is 0. The minimum Gasteiger partial charge on any atom is -0.448 e. The lowest BCUT2D eigenvalue weighted by Gasteiger charge is -2.11. The average Bonchev–Trinajstić information content (AvgIpc) is 2.68. The predicted octanol–water partition coefficient (Wildman–Crippen LogP) is 4.29. The van der Waals surface area contributed by atoms with Gasteiger partial charge in [-0.25, -0.2) is 0 Å². The van der Waals surface area contributed by atoms with Crippen LogP contribution in [0.4, 0.5) is 0 Å². The van der Waals surface area contributed by atoms with Gasteiger partial charge in [0.1, 0.15) is 5.76 Å². The fraction of sp³-hybridized carbons (Fsp3) is 0.0909. The first-order valence-corrected chi connectivity index (χ1v) is 5.67. The number of nitrogens with two attached hydrogens (primary N) is 1. The molecule has 16 heavy (non-hydrogen) atoms. The largest absolute Gasteiger partial charge is 0.448 e. The van der Waals surface area contributed by atoms with Crippen molar-refractivity contribution in [3.63, 3.8) is 0 Å². The Morgan fingerprint density at radius 2 is 1.81 bits per heavy atom. The topological polar surface area (TPSA) is 39.2 Å². The minimum absolute atomic E-state index is 0.295. The molecule has 0 saturated heterocycles. The van der Waals surface area contributed by atoms with Crippen molar-refractivity contribution in [1.82, 2.24) is 0 Å². The Kier molecular flexibility index (Phi) is 3.45. The normalized spacial score (nSPS) is 12.8. The maximum atomic E-state index is 6.06. The summed E-state index contributed by atoms with van der Waals surface area (Å²) >= 11 is 17.6. The molecule has 0 saturated carbocycles. The van der Waals surface area contributed by atoms with E-state index in [2.05, 4.69) is 0 Å². The summed E-state index contributed by atoms with van der Waals surface area (Å²) in [6.07, 6.45) is 0. The third-order valence-corrected chi connectivity index (χ3v) is 3.25. The fourth-order valence-corrected chi connectivity index (χ4v) is 1.99. The highest BCUT2D eigenvalue weighted by Crippen LogP contribution is 2.32. The van der Waals surface area contributed by atoms with Crippen molar-refractivity contribution in [1.29, 1.82) is 0 Å². The number of benzene rings is 1. The van der Waals surface area contributed by atoms with Gasteiger partial charge in [-0.3, -0.25) is 0 Å². The van der Waals surface area contributed by atoms with Crippen molar-refractivity contribution in [3.05, 3.63) is 56.9 Å². The molecule has 0 radical (unpaired) electrons. The van der Waals surface area contributed by atoms with Crippen molar-refractivity contribution in [3.8, 4) is 0 Å². The van der Waals surface area contributed by atoms with Gasteiger partial charge in [0.2, 0.25) is 0 Å². The molecule has 5 heteroatoms. The molecule has 1 aromatic carbocycles. The third-order valence-electron chi connectivity index (χ3n) is 2.22. The lowest BCUT2D eigenvalue weighted by atomic mass is 10.1. The standard InChI is InChI=1S/C11H8Cl3NO/c12-7-3-1-2-6(10(7)14)11(15)8-4-5-9(13)16-8/h1-5,11H,15H2. The van der Waals surface area contributed by atoms with Gasteiger partial charge in [-0.15, -0.1) is 0 Å². The van der Waals surface area contributed by atoms with E-state index in [0.717, 1.165) is 0 Å². The number of hydrogen-bond acceptors (Lipinski definition) is 2. The first-order valence-electron chi connectivity index (χ1n) is 4.54. The van der Waals surface area contributed by atoms with E-state index in [4.69, 9.17) is 45.0 Å². The zero-order valence-electron chi connectivity index (χ0n) is 8.08. The van der Waals surface area contributed by atoms with Crippen molar-refractivity contribution >= 4 is 34.8 Å². The molecule has 2 N–H and O–H groups in total. The first-order chi connectivity index (χ1) is 7.59. The van der Waals surface area contributed by atoms with Gasteiger partial charge in [-0.05, 0) is 35.4 Å². The Balaban J connectivity index is 2.41. The third kappa shape index (κ3) is 2.20. The monoisotopic (exact) mass is 275 g/mol. The van der Waals surface area contributed by atoms with Gasteiger partial charge in [-0.1, -0.05) is 35.3 Å². The molecule has 2 nitrogen and oxygen atoms in total. The number of furan rings is 1. The molecule has 0 bridgehead atoms. The Labute approximate surface area is 108 Å². The van der Waals surface area contributed by atoms with Crippen LogP contribution in [-0.2, 0) is 0 Å². The second-order valence-electron chi connectivity index (χ2n) is 3.26. The van der Waals surface area contributed by atoms with Gasteiger partial charge in [-0.2, -0.15) is 0 Å². The summed E-state index contributed by atoms with van der Waals surface area (Å²) in [5, 5.41) is 1.19. The van der Waals surface area contributed by atoms with Gasteiger partial charge in [0.25, 0.3) is 0 Å². The van der Waals surface area contributed by atoms with Gasteiger partial charge < -0.3 is 10.2 Å². The van der Waals surface area contributed by atoms with Crippen LogP contribution in [0, 0.1) is 0 Å². The lowest BCUT2D eigenvalue weighted by Crippen LogP contribution is -2.11. The van der Waals surface area contributed by atoms with Crippen LogP contribution >= 0.6 is 34.8 Å². The molecule has 0 aliphatic carbocycles. The van der Waals surface area contributed by atoms with Gasteiger partial charge >= 0.3 is 0 Å². The van der Waals surface area contributed by atoms with Crippen LogP contribution in [0.15, 0.2) is 34.7 Å². The van der Waals surface area contributed by atoms with Crippen LogP contribution < -0.4 is 5.73 Å². The van der Waals surface area contributed by atoms with Crippen molar-refractivity contribution in [2.24, 2.45) is 5.73 Å². The quantitative estimate of drug-likeness (QED) is 0.889. The molecule has 1 unspecified atom stereocenters. The van der Waals surface area contributed by atoms with Crippen molar-refractivity contribution in [2.75, 3.05) is 0 Å². The summed E-state index contributed by atoms with van der Waals surface area (Å²) in [5.74, 6) is 0.550. The second kappa shape index (κ2) is 4.68. The predicted molar refractivity (Wildman–Crippen MR) is 66.2 cm³/mol. The number of hydrogen-bond donors (Lipinski definition) is 1. The molecule has 0 aliphatic heterocycles. The van der Waals surface area contributed by atoms with Crippen molar-refractivity contribution < 1.29 is 4.42 Å². The maximum absolute atomic E-state index is 6.06. The summed E-state index contributed by atoms with van der Waals surface area (Å²) in [6.45, 7) is 0. The Morgan fingerprint density at radius 1 is 1.06 bits per heavy atom. The summed E-state index contributed by atoms with van der Waals surface area (Å²) < 4.78 is 5.23. The van der Waals surface area contributed by atoms with E-state index in [-0.39, 0.29) is 0 Å². The molecule has 0 aliphatic rings. The van der Waals surface area contributed by atoms with Gasteiger partial charge in [0.15, 0.2) is 5.22 Å².